The van der Waals surface area contributed by atoms with Gasteiger partial charge in [-0.25, -0.2) is 4.98 Å². The summed E-state index contributed by atoms with van der Waals surface area (Å²) < 4.78 is 5.92. The van der Waals surface area contributed by atoms with Gasteiger partial charge < -0.3 is 4.42 Å². The lowest BCUT2D eigenvalue weighted by Crippen LogP contribution is -2.01. The van der Waals surface area contributed by atoms with Gasteiger partial charge in [0, 0.05) is 36.2 Å². The number of nitriles is 1. The summed E-state index contributed by atoms with van der Waals surface area (Å²) >= 11 is 0. The molecule has 0 fully saturated rings. The van der Waals surface area contributed by atoms with Crippen LogP contribution in [0.2, 0.25) is 0 Å². The predicted octanol–water partition coefficient (Wildman–Crippen LogP) is 3.49. The van der Waals surface area contributed by atoms with Crippen molar-refractivity contribution in [1.29, 1.82) is 5.26 Å². The summed E-state index contributed by atoms with van der Waals surface area (Å²) in [6, 6.07) is 15.5. The highest BCUT2D eigenvalue weighted by Gasteiger charge is 2.29. The molecule has 3 aromatic rings. The molecule has 22 heavy (non-hydrogen) atoms. The van der Waals surface area contributed by atoms with E-state index in [-0.39, 0.29) is 0 Å². The summed E-state index contributed by atoms with van der Waals surface area (Å²) in [4.78, 5) is 9.03. The summed E-state index contributed by atoms with van der Waals surface area (Å²) in [6.07, 6.45) is 3.51. The molecule has 4 rings (SSSR count). The number of nitrogens with zero attached hydrogens (tertiary/aromatic N) is 3. The van der Waals surface area contributed by atoms with Crippen molar-refractivity contribution in [3.8, 4) is 17.5 Å². The van der Waals surface area contributed by atoms with Crippen LogP contribution in [0.25, 0.3) is 11.5 Å². The first kappa shape index (κ1) is 12.8. The van der Waals surface area contributed by atoms with Crippen molar-refractivity contribution in [2.75, 3.05) is 0 Å². The molecule has 0 radical (unpaired) electrons. The van der Waals surface area contributed by atoms with Crippen molar-refractivity contribution in [3.05, 3.63) is 71.4 Å². The van der Waals surface area contributed by atoms with Crippen molar-refractivity contribution >= 4 is 0 Å². The average Bonchev–Trinajstić information content (AvgIpc) is 3.14. The maximum Gasteiger partial charge on any atom is 0.226 e. The summed E-state index contributed by atoms with van der Waals surface area (Å²) in [7, 11) is 0. The third-order valence-electron chi connectivity index (χ3n) is 3.99. The zero-order chi connectivity index (χ0) is 14.9. The first-order valence-electron chi connectivity index (χ1n) is 7.23. The molecule has 1 aliphatic carbocycles. The highest BCUT2D eigenvalue weighted by atomic mass is 16.4. The van der Waals surface area contributed by atoms with Crippen LogP contribution >= 0.6 is 0 Å². The Hall–Kier alpha value is -2.93. The molecule has 0 N–H and O–H groups in total. The van der Waals surface area contributed by atoms with E-state index < -0.39 is 0 Å². The third kappa shape index (κ3) is 2.17. The lowest BCUT2D eigenvalue weighted by Gasteiger charge is -2.07. The Labute approximate surface area is 128 Å². The molecule has 0 saturated carbocycles. The number of benzene rings is 1. The minimum atomic E-state index is 0.349. The van der Waals surface area contributed by atoms with Gasteiger partial charge in [0.15, 0.2) is 0 Å². The standard InChI is InChI=1S/C18H13N3O/c19-11-12-4-3-5-13(8-12)18-21-16-9-14(10-17(16)22-18)15-6-1-2-7-20-15/h1-8,14H,9-10H2. The maximum absolute atomic E-state index is 8.98. The first-order chi connectivity index (χ1) is 10.8. The lowest BCUT2D eigenvalue weighted by molar-refractivity contribution is 0.509. The first-order valence-corrected chi connectivity index (χ1v) is 7.23. The van der Waals surface area contributed by atoms with Gasteiger partial charge in [-0.2, -0.15) is 5.26 Å². The molecular formula is C18H13N3O. The Morgan fingerprint density at radius 2 is 2.09 bits per heavy atom. The number of rotatable bonds is 2. The van der Waals surface area contributed by atoms with Crippen LogP contribution in [0.3, 0.4) is 0 Å². The SMILES string of the molecule is N#Cc1cccc(-c2nc3c(o2)CC(c2ccccn2)C3)c1. The van der Waals surface area contributed by atoms with Gasteiger partial charge >= 0.3 is 0 Å². The maximum atomic E-state index is 8.98. The number of fused-ring (bicyclic) bond motifs is 1. The molecule has 0 spiro atoms. The Bertz CT molecular complexity index is 838. The zero-order valence-electron chi connectivity index (χ0n) is 11.9. The van der Waals surface area contributed by atoms with E-state index in [1.54, 1.807) is 12.1 Å². The fourth-order valence-corrected chi connectivity index (χ4v) is 2.90. The molecule has 106 valence electrons. The van der Waals surface area contributed by atoms with Crippen molar-refractivity contribution < 1.29 is 4.42 Å². The fraction of sp³-hybridized carbons (Fsp3) is 0.167. The average molecular weight is 287 g/mol. The predicted molar refractivity (Wildman–Crippen MR) is 81.0 cm³/mol. The highest BCUT2D eigenvalue weighted by Crippen LogP contribution is 2.35. The highest BCUT2D eigenvalue weighted by molar-refractivity contribution is 5.57. The van der Waals surface area contributed by atoms with Gasteiger partial charge in [0.2, 0.25) is 5.89 Å². The second-order valence-corrected chi connectivity index (χ2v) is 5.44. The molecule has 0 bridgehead atoms. The van der Waals surface area contributed by atoms with Crippen LogP contribution in [0.1, 0.15) is 28.6 Å². The van der Waals surface area contributed by atoms with E-state index in [1.807, 2.05) is 36.5 Å². The molecule has 1 aliphatic rings. The molecule has 2 aromatic heterocycles. The molecule has 4 nitrogen and oxygen atoms in total. The quantitative estimate of drug-likeness (QED) is 0.723. The summed E-state index contributed by atoms with van der Waals surface area (Å²) in [6.45, 7) is 0. The molecule has 4 heteroatoms. The van der Waals surface area contributed by atoms with E-state index in [4.69, 9.17) is 9.68 Å². The Morgan fingerprint density at radius 3 is 2.86 bits per heavy atom. The Balaban J connectivity index is 1.61. The van der Waals surface area contributed by atoms with Crippen LogP contribution in [0.4, 0.5) is 0 Å². The summed E-state index contributed by atoms with van der Waals surface area (Å²) in [5, 5.41) is 8.98. The monoisotopic (exact) mass is 287 g/mol. The van der Waals surface area contributed by atoms with E-state index in [1.165, 1.54) is 0 Å². The second kappa shape index (κ2) is 5.12. The third-order valence-corrected chi connectivity index (χ3v) is 3.99. The van der Waals surface area contributed by atoms with Crippen LogP contribution < -0.4 is 0 Å². The van der Waals surface area contributed by atoms with E-state index in [0.29, 0.717) is 17.4 Å². The molecule has 1 unspecified atom stereocenters. The zero-order valence-corrected chi connectivity index (χ0v) is 11.9. The molecule has 1 atom stereocenters. The van der Waals surface area contributed by atoms with Crippen LogP contribution in [-0.2, 0) is 12.8 Å². The van der Waals surface area contributed by atoms with Gasteiger partial charge in [0.25, 0.3) is 0 Å². The fourth-order valence-electron chi connectivity index (χ4n) is 2.90. The summed E-state index contributed by atoms with van der Waals surface area (Å²) in [5.74, 6) is 1.89. The summed E-state index contributed by atoms with van der Waals surface area (Å²) in [5.41, 5.74) is 3.56. The Kier molecular flexibility index (Phi) is 2.97. The van der Waals surface area contributed by atoms with Crippen molar-refractivity contribution in [2.45, 2.75) is 18.8 Å². The lowest BCUT2D eigenvalue weighted by atomic mass is 10.0. The van der Waals surface area contributed by atoms with Crippen LogP contribution in [0.5, 0.6) is 0 Å². The van der Waals surface area contributed by atoms with E-state index in [2.05, 4.69) is 16.0 Å². The van der Waals surface area contributed by atoms with Crippen LogP contribution in [0, 0.1) is 11.3 Å². The number of pyridine rings is 1. The molecule has 0 aliphatic heterocycles. The van der Waals surface area contributed by atoms with Crippen molar-refractivity contribution in [1.82, 2.24) is 9.97 Å². The van der Waals surface area contributed by atoms with E-state index in [0.717, 1.165) is 35.6 Å². The van der Waals surface area contributed by atoms with Gasteiger partial charge in [-0.15, -0.1) is 0 Å². The van der Waals surface area contributed by atoms with Gasteiger partial charge in [0.1, 0.15) is 5.76 Å². The van der Waals surface area contributed by atoms with Gasteiger partial charge in [-0.05, 0) is 30.3 Å². The topological polar surface area (TPSA) is 62.7 Å². The number of hydrogen-bond acceptors (Lipinski definition) is 4. The number of oxazole rings is 1. The second-order valence-electron chi connectivity index (χ2n) is 5.44. The largest absolute Gasteiger partial charge is 0.441 e. The van der Waals surface area contributed by atoms with E-state index in [9.17, 15) is 0 Å². The molecule has 1 aromatic carbocycles. The van der Waals surface area contributed by atoms with Crippen LogP contribution in [-0.4, -0.2) is 9.97 Å². The van der Waals surface area contributed by atoms with Crippen molar-refractivity contribution in [3.63, 3.8) is 0 Å². The molecular weight excluding hydrogens is 274 g/mol. The van der Waals surface area contributed by atoms with Gasteiger partial charge in [0.05, 0.1) is 17.3 Å². The van der Waals surface area contributed by atoms with Crippen molar-refractivity contribution in [2.24, 2.45) is 0 Å². The smallest absolute Gasteiger partial charge is 0.226 e. The molecule has 2 heterocycles. The minimum Gasteiger partial charge on any atom is -0.441 e. The minimum absolute atomic E-state index is 0.349. The van der Waals surface area contributed by atoms with E-state index >= 15 is 0 Å². The van der Waals surface area contributed by atoms with Gasteiger partial charge in [-0.1, -0.05) is 12.1 Å². The number of aromatic nitrogens is 2. The van der Waals surface area contributed by atoms with Crippen LogP contribution in [0.15, 0.2) is 53.1 Å². The molecule has 0 saturated heterocycles. The Morgan fingerprint density at radius 1 is 1.14 bits per heavy atom. The normalized spacial score (nSPS) is 16.2. The molecule has 0 amide bonds. The number of hydrogen-bond donors (Lipinski definition) is 0. The van der Waals surface area contributed by atoms with Gasteiger partial charge in [-0.3, -0.25) is 4.98 Å².